The van der Waals surface area contributed by atoms with Crippen LogP contribution in [0.15, 0.2) is 24.3 Å². The van der Waals surface area contributed by atoms with Crippen LogP contribution in [0.1, 0.15) is 59.9 Å². The van der Waals surface area contributed by atoms with Crippen molar-refractivity contribution in [1.29, 1.82) is 0 Å². The van der Waals surface area contributed by atoms with Crippen molar-refractivity contribution in [3.05, 3.63) is 29.8 Å². The second-order valence-electron chi connectivity index (χ2n) is 6.86. The van der Waals surface area contributed by atoms with E-state index in [2.05, 4.69) is 71.1 Å². The van der Waals surface area contributed by atoms with Crippen molar-refractivity contribution in [1.82, 2.24) is 5.32 Å². The monoisotopic (exact) mass is 277 g/mol. The van der Waals surface area contributed by atoms with Crippen LogP contribution < -0.4 is 10.1 Å². The summed E-state index contributed by atoms with van der Waals surface area (Å²) in [6.45, 7) is 15.2. The molecule has 1 aromatic carbocycles. The quantitative estimate of drug-likeness (QED) is 0.739. The zero-order chi connectivity index (χ0) is 15.2. The van der Waals surface area contributed by atoms with Crippen molar-refractivity contribution in [2.24, 2.45) is 0 Å². The van der Waals surface area contributed by atoms with E-state index in [1.807, 2.05) is 0 Å². The Bertz CT molecular complexity index is 391. The number of hydrogen-bond donors (Lipinski definition) is 1. The molecule has 114 valence electrons. The highest BCUT2D eigenvalue weighted by Crippen LogP contribution is 2.26. The van der Waals surface area contributed by atoms with Crippen molar-refractivity contribution >= 4 is 0 Å². The molecule has 0 heterocycles. The molecule has 1 rings (SSSR count). The van der Waals surface area contributed by atoms with Gasteiger partial charge in [-0.3, -0.25) is 0 Å². The summed E-state index contributed by atoms with van der Waals surface area (Å²) in [5.74, 6) is 0.959. The lowest BCUT2D eigenvalue weighted by atomic mass is 9.87. The molecule has 0 radical (unpaired) electrons. The first-order valence-electron chi connectivity index (χ1n) is 7.81. The molecule has 2 heteroatoms. The average molecular weight is 277 g/mol. The molecule has 0 aromatic heterocycles. The Morgan fingerprint density at radius 1 is 1.00 bits per heavy atom. The standard InChI is InChI=1S/C18H31NO/c1-7-13-19-14-18(6,8-2)20-16-11-9-15(10-12-16)17(3,4)5/h9-12,19H,7-8,13-14H2,1-6H3. The molecule has 2 nitrogen and oxygen atoms in total. The maximum Gasteiger partial charge on any atom is 0.120 e. The molecule has 1 aromatic rings. The molecule has 1 unspecified atom stereocenters. The van der Waals surface area contributed by atoms with Gasteiger partial charge in [0.05, 0.1) is 0 Å². The van der Waals surface area contributed by atoms with E-state index >= 15 is 0 Å². The number of ether oxygens (including phenoxy) is 1. The number of hydrogen-bond acceptors (Lipinski definition) is 2. The summed E-state index contributed by atoms with van der Waals surface area (Å²) < 4.78 is 6.20. The summed E-state index contributed by atoms with van der Waals surface area (Å²) >= 11 is 0. The minimum atomic E-state index is -0.140. The largest absolute Gasteiger partial charge is 0.486 e. The van der Waals surface area contributed by atoms with Gasteiger partial charge in [0, 0.05) is 6.54 Å². The second-order valence-corrected chi connectivity index (χ2v) is 6.86. The highest BCUT2D eigenvalue weighted by Gasteiger charge is 2.24. The molecule has 1 atom stereocenters. The second kappa shape index (κ2) is 7.12. The third kappa shape index (κ3) is 5.16. The summed E-state index contributed by atoms with van der Waals surface area (Å²) in [7, 11) is 0. The van der Waals surface area contributed by atoms with Gasteiger partial charge < -0.3 is 10.1 Å². The zero-order valence-corrected chi connectivity index (χ0v) is 14.0. The molecule has 0 saturated carbocycles. The topological polar surface area (TPSA) is 21.3 Å². The Hall–Kier alpha value is -1.02. The minimum absolute atomic E-state index is 0.140. The average Bonchev–Trinajstić information content (AvgIpc) is 2.38. The summed E-state index contributed by atoms with van der Waals surface area (Å²) in [5, 5.41) is 3.46. The van der Waals surface area contributed by atoms with Crippen molar-refractivity contribution in [3.63, 3.8) is 0 Å². The first kappa shape index (κ1) is 17.0. The van der Waals surface area contributed by atoms with Crippen LogP contribution in [0.4, 0.5) is 0 Å². The number of benzene rings is 1. The van der Waals surface area contributed by atoms with E-state index in [9.17, 15) is 0 Å². The Morgan fingerprint density at radius 3 is 2.05 bits per heavy atom. The number of rotatable bonds is 7. The molecule has 0 amide bonds. The molecular formula is C18H31NO. The molecule has 0 aliphatic rings. The molecule has 20 heavy (non-hydrogen) atoms. The van der Waals surface area contributed by atoms with Crippen LogP contribution in [0.5, 0.6) is 5.75 Å². The van der Waals surface area contributed by atoms with Gasteiger partial charge in [0.1, 0.15) is 11.4 Å². The minimum Gasteiger partial charge on any atom is -0.486 e. The molecule has 0 fully saturated rings. The van der Waals surface area contributed by atoms with Gasteiger partial charge in [-0.1, -0.05) is 46.8 Å². The SMILES string of the molecule is CCCNCC(C)(CC)Oc1ccc(C(C)(C)C)cc1. The first-order valence-corrected chi connectivity index (χ1v) is 7.81. The predicted molar refractivity (Wildman–Crippen MR) is 87.6 cm³/mol. The highest BCUT2D eigenvalue weighted by molar-refractivity contribution is 5.31. The predicted octanol–water partition coefficient (Wildman–Crippen LogP) is 4.53. The highest BCUT2D eigenvalue weighted by atomic mass is 16.5. The summed E-state index contributed by atoms with van der Waals surface area (Å²) in [6, 6.07) is 8.53. The third-order valence-corrected chi connectivity index (χ3v) is 3.76. The fourth-order valence-corrected chi connectivity index (χ4v) is 2.07. The fraction of sp³-hybridized carbons (Fsp3) is 0.667. The smallest absolute Gasteiger partial charge is 0.120 e. The molecule has 0 spiro atoms. The van der Waals surface area contributed by atoms with Crippen LogP contribution in [-0.4, -0.2) is 18.7 Å². The van der Waals surface area contributed by atoms with Gasteiger partial charge in [-0.2, -0.15) is 0 Å². The van der Waals surface area contributed by atoms with E-state index in [0.717, 1.165) is 31.7 Å². The van der Waals surface area contributed by atoms with Gasteiger partial charge in [-0.15, -0.1) is 0 Å². The van der Waals surface area contributed by atoms with Crippen molar-refractivity contribution < 1.29 is 4.74 Å². The Kier molecular flexibility index (Phi) is 6.07. The molecule has 0 aliphatic carbocycles. The molecule has 1 N–H and O–H groups in total. The lowest BCUT2D eigenvalue weighted by molar-refractivity contribution is 0.0837. The van der Waals surface area contributed by atoms with Gasteiger partial charge in [0.2, 0.25) is 0 Å². The van der Waals surface area contributed by atoms with Crippen LogP contribution in [0, 0.1) is 0 Å². The Labute approximate surface area is 124 Å². The zero-order valence-electron chi connectivity index (χ0n) is 14.0. The van der Waals surface area contributed by atoms with E-state index in [1.54, 1.807) is 0 Å². The normalized spacial score (nSPS) is 14.9. The lowest BCUT2D eigenvalue weighted by Crippen LogP contribution is -2.42. The summed E-state index contributed by atoms with van der Waals surface area (Å²) in [5.41, 5.74) is 1.39. The maximum atomic E-state index is 6.20. The van der Waals surface area contributed by atoms with Crippen molar-refractivity contribution in [2.75, 3.05) is 13.1 Å². The van der Waals surface area contributed by atoms with E-state index in [4.69, 9.17) is 4.74 Å². The molecule has 0 aliphatic heterocycles. The summed E-state index contributed by atoms with van der Waals surface area (Å²) in [6.07, 6.45) is 2.14. The van der Waals surface area contributed by atoms with Crippen LogP contribution in [0.3, 0.4) is 0 Å². The van der Waals surface area contributed by atoms with Crippen molar-refractivity contribution in [2.45, 2.75) is 65.4 Å². The van der Waals surface area contributed by atoms with Crippen LogP contribution in [0.2, 0.25) is 0 Å². The fourth-order valence-electron chi connectivity index (χ4n) is 2.07. The van der Waals surface area contributed by atoms with Crippen LogP contribution in [0.25, 0.3) is 0 Å². The lowest BCUT2D eigenvalue weighted by Gasteiger charge is -2.30. The molecule has 0 saturated heterocycles. The Morgan fingerprint density at radius 2 is 1.60 bits per heavy atom. The van der Waals surface area contributed by atoms with Gasteiger partial charge in [0.25, 0.3) is 0 Å². The van der Waals surface area contributed by atoms with E-state index in [1.165, 1.54) is 5.56 Å². The maximum absolute atomic E-state index is 6.20. The molecule has 0 bridgehead atoms. The van der Waals surface area contributed by atoms with E-state index in [-0.39, 0.29) is 11.0 Å². The van der Waals surface area contributed by atoms with Crippen molar-refractivity contribution in [3.8, 4) is 5.75 Å². The van der Waals surface area contributed by atoms with Crippen LogP contribution >= 0.6 is 0 Å². The first-order chi connectivity index (χ1) is 9.30. The van der Waals surface area contributed by atoms with Gasteiger partial charge in [0.15, 0.2) is 0 Å². The van der Waals surface area contributed by atoms with Gasteiger partial charge >= 0.3 is 0 Å². The number of nitrogens with one attached hydrogen (secondary N) is 1. The van der Waals surface area contributed by atoms with Gasteiger partial charge in [-0.25, -0.2) is 0 Å². The van der Waals surface area contributed by atoms with E-state index in [0.29, 0.717) is 0 Å². The van der Waals surface area contributed by atoms with Gasteiger partial charge in [-0.05, 0) is 49.4 Å². The third-order valence-electron chi connectivity index (χ3n) is 3.76. The van der Waals surface area contributed by atoms with E-state index < -0.39 is 0 Å². The van der Waals surface area contributed by atoms with Crippen LogP contribution in [-0.2, 0) is 5.41 Å². The molecular weight excluding hydrogens is 246 g/mol. The summed E-state index contributed by atoms with van der Waals surface area (Å²) in [4.78, 5) is 0. The Balaban J connectivity index is 2.70.